The second kappa shape index (κ2) is 6.06. The summed E-state index contributed by atoms with van der Waals surface area (Å²) in [5.41, 5.74) is 1.61. The van der Waals surface area contributed by atoms with Gasteiger partial charge in [0.25, 0.3) is 5.56 Å². The molecule has 23 heavy (non-hydrogen) atoms. The molecule has 1 saturated carbocycles. The van der Waals surface area contributed by atoms with Gasteiger partial charge in [-0.2, -0.15) is 0 Å². The third-order valence-corrected chi connectivity index (χ3v) is 5.06. The van der Waals surface area contributed by atoms with E-state index < -0.39 is 0 Å². The zero-order chi connectivity index (χ0) is 16.6. The van der Waals surface area contributed by atoms with E-state index in [0.29, 0.717) is 24.3 Å². The van der Waals surface area contributed by atoms with Crippen LogP contribution in [0.15, 0.2) is 35.3 Å². The highest BCUT2D eigenvalue weighted by Gasteiger charge is 2.50. The van der Waals surface area contributed by atoms with Crippen LogP contribution in [-0.4, -0.2) is 40.1 Å². The molecule has 2 atom stereocenters. The average molecular weight is 315 g/mol. The van der Waals surface area contributed by atoms with Gasteiger partial charge < -0.3 is 4.74 Å². The van der Waals surface area contributed by atoms with Gasteiger partial charge in [-0.3, -0.25) is 14.1 Å². The molecular formula is C18H25N3O2. The van der Waals surface area contributed by atoms with Gasteiger partial charge in [-0.05, 0) is 32.5 Å². The van der Waals surface area contributed by atoms with Crippen molar-refractivity contribution < 1.29 is 4.74 Å². The smallest absolute Gasteiger partial charge is 0.258 e. The number of ether oxygens (including phenoxy) is 1. The third kappa shape index (κ3) is 2.91. The molecule has 0 bridgehead atoms. The monoisotopic (exact) mass is 315 g/mol. The number of nitrogens with zero attached hydrogens (tertiary/aromatic N) is 3. The second-order valence-electron chi connectivity index (χ2n) is 6.95. The van der Waals surface area contributed by atoms with Gasteiger partial charge in [0.15, 0.2) is 0 Å². The van der Waals surface area contributed by atoms with Gasteiger partial charge in [0.1, 0.15) is 5.65 Å². The lowest BCUT2D eigenvalue weighted by Crippen LogP contribution is -2.61. The Morgan fingerprint density at radius 3 is 2.91 bits per heavy atom. The number of pyridine rings is 1. The van der Waals surface area contributed by atoms with Crippen molar-refractivity contribution >= 4 is 5.65 Å². The van der Waals surface area contributed by atoms with Gasteiger partial charge in [-0.15, -0.1) is 0 Å². The van der Waals surface area contributed by atoms with Crippen molar-refractivity contribution in [3.05, 3.63) is 46.5 Å². The number of aromatic nitrogens is 2. The van der Waals surface area contributed by atoms with Crippen LogP contribution in [0.3, 0.4) is 0 Å². The highest BCUT2D eigenvalue weighted by molar-refractivity contribution is 5.38. The predicted molar refractivity (Wildman–Crippen MR) is 90.5 cm³/mol. The minimum absolute atomic E-state index is 0.0286. The normalized spacial score (nSPS) is 23.2. The minimum Gasteiger partial charge on any atom is -0.378 e. The van der Waals surface area contributed by atoms with Crippen LogP contribution in [-0.2, 0) is 11.3 Å². The molecule has 1 fully saturated rings. The van der Waals surface area contributed by atoms with Gasteiger partial charge in [0.05, 0.1) is 11.8 Å². The van der Waals surface area contributed by atoms with Crippen molar-refractivity contribution in [2.45, 2.75) is 45.9 Å². The van der Waals surface area contributed by atoms with Crippen LogP contribution in [0.2, 0.25) is 0 Å². The molecule has 0 unspecified atom stereocenters. The summed E-state index contributed by atoms with van der Waals surface area (Å²) < 4.78 is 7.38. The summed E-state index contributed by atoms with van der Waals surface area (Å²) in [6, 6.07) is 7.68. The summed E-state index contributed by atoms with van der Waals surface area (Å²) in [6.45, 7) is 7.97. The Kier molecular flexibility index (Phi) is 4.25. The molecule has 124 valence electrons. The zero-order valence-electron chi connectivity index (χ0n) is 14.3. The molecule has 1 aliphatic carbocycles. The highest BCUT2D eigenvalue weighted by Crippen LogP contribution is 2.45. The zero-order valence-corrected chi connectivity index (χ0v) is 14.3. The molecule has 0 aromatic carbocycles. The van der Waals surface area contributed by atoms with E-state index in [1.54, 1.807) is 16.7 Å². The van der Waals surface area contributed by atoms with E-state index in [4.69, 9.17) is 4.74 Å². The van der Waals surface area contributed by atoms with Crippen LogP contribution < -0.4 is 5.56 Å². The molecule has 0 radical (unpaired) electrons. The van der Waals surface area contributed by atoms with E-state index in [0.717, 1.165) is 18.7 Å². The fourth-order valence-electron chi connectivity index (χ4n) is 3.65. The van der Waals surface area contributed by atoms with Crippen LogP contribution in [0.5, 0.6) is 0 Å². The van der Waals surface area contributed by atoms with Crippen molar-refractivity contribution in [3.8, 4) is 0 Å². The fourth-order valence-corrected chi connectivity index (χ4v) is 3.65. The summed E-state index contributed by atoms with van der Waals surface area (Å²) in [4.78, 5) is 19.1. The van der Waals surface area contributed by atoms with Crippen LogP contribution in [0.1, 0.15) is 32.9 Å². The van der Waals surface area contributed by atoms with Gasteiger partial charge >= 0.3 is 0 Å². The third-order valence-electron chi connectivity index (χ3n) is 5.06. The fraction of sp³-hybridized carbons (Fsp3) is 0.556. The quantitative estimate of drug-likeness (QED) is 0.849. The lowest BCUT2D eigenvalue weighted by atomic mass is 9.64. The Morgan fingerprint density at radius 1 is 1.43 bits per heavy atom. The second-order valence-corrected chi connectivity index (χ2v) is 6.95. The van der Waals surface area contributed by atoms with Crippen molar-refractivity contribution in [1.29, 1.82) is 0 Å². The Balaban J connectivity index is 1.76. The van der Waals surface area contributed by atoms with Crippen molar-refractivity contribution in [1.82, 2.24) is 14.3 Å². The minimum atomic E-state index is -0.0286. The topological polar surface area (TPSA) is 46.8 Å². The Labute approximate surface area is 136 Å². The highest BCUT2D eigenvalue weighted by atomic mass is 16.5. The van der Waals surface area contributed by atoms with Crippen molar-refractivity contribution in [2.24, 2.45) is 5.41 Å². The molecule has 0 saturated heterocycles. The van der Waals surface area contributed by atoms with Gasteiger partial charge in [-0.25, -0.2) is 4.98 Å². The maximum atomic E-state index is 12.2. The van der Waals surface area contributed by atoms with Crippen molar-refractivity contribution in [3.63, 3.8) is 0 Å². The first-order valence-corrected chi connectivity index (χ1v) is 8.22. The summed E-state index contributed by atoms with van der Waals surface area (Å²) in [5.74, 6) is 0. The molecule has 5 heteroatoms. The lowest BCUT2D eigenvalue weighted by molar-refractivity contribution is -0.146. The van der Waals surface area contributed by atoms with Crippen LogP contribution in [0.4, 0.5) is 0 Å². The molecular weight excluding hydrogens is 290 g/mol. The van der Waals surface area contributed by atoms with E-state index in [1.165, 1.54) is 0 Å². The summed E-state index contributed by atoms with van der Waals surface area (Å²) >= 11 is 0. The Hall–Kier alpha value is -1.72. The molecule has 0 spiro atoms. The van der Waals surface area contributed by atoms with E-state index in [1.807, 2.05) is 25.1 Å². The molecule has 3 rings (SSSR count). The first-order chi connectivity index (χ1) is 10.9. The predicted octanol–water partition coefficient (Wildman–Crippen LogP) is 2.33. The largest absolute Gasteiger partial charge is 0.378 e. The molecule has 0 aliphatic heterocycles. The van der Waals surface area contributed by atoms with E-state index >= 15 is 0 Å². The number of hydrogen-bond acceptors (Lipinski definition) is 4. The molecule has 2 aromatic heterocycles. The molecule has 1 aliphatic rings. The van der Waals surface area contributed by atoms with Gasteiger partial charge in [-0.1, -0.05) is 19.9 Å². The van der Waals surface area contributed by atoms with Crippen LogP contribution >= 0.6 is 0 Å². The van der Waals surface area contributed by atoms with Crippen molar-refractivity contribution in [2.75, 3.05) is 13.7 Å². The lowest BCUT2D eigenvalue weighted by Gasteiger charge is -2.55. The van der Waals surface area contributed by atoms with Crippen LogP contribution in [0.25, 0.3) is 5.65 Å². The summed E-state index contributed by atoms with van der Waals surface area (Å²) in [6.07, 6.45) is 3.10. The van der Waals surface area contributed by atoms with E-state index in [9.17, 15) is 4.79 Å². The first-order valence-electron chi connectivity index (χ1n) is 8.22. The Bertz CT molecular complexity index is 753. The maximum absolute atomic E-state index is 12.2. The maximum Gasteiger partial charge on any atom is 0.258 e. The molecule has 5 nitrogen and oxygen atoms in total. The molecule has 0 N–H and O–H groups in total. The standard InChI is InChI=1S/C18H25N3O2/c1-5-23-15-11-14(18(15,2)3)20(4)12-13-10-17(22)21-9-7-6-8-16(21)19-13/h6-10,14-15H,5,11-12H2,1-4H3/t14-,15+/m0/s1. The number of fused-ring (bicyclic) bond motifs is 1. The van der Waals surface area contributed by atoms with Crippen LogP contribution in [0, 0.1) is 5.41 Å². The van der Waals surface area contributed by atoms with E-state index in [2.05, 4.69) is 30.8 Å². The SMILES string of the molecule is CCO[C@@H]1C[C@H](N(C)Cc2cc(=O)n3ccccc3n2)C1(C)C. The first kappa shape index (κ1) is 16.1. The number of rotatable bonds is 5. The van der Waals surface area contributed by atoms with Gasteiger partial charge in [0, 0.05) is 36.9 Å². The summed E-state index contributed by atoms with van der Waals surface area (Å²) in [7, 11) is 2.10. The molecule has 0 amide bonds. The summed E-state index contributed by atoms with van der Waals surface area (Å²) in [5, 5.41) is 0. The Morgan fingerprint density at radius 2 is 2.22 bits per heavy atom. The van der Waals surface area contributed by atoms with Gasteiger partial charge in [0.2, 0.25) is 0 Å². The molecule has 2 heterocycles. The van der Waals surface area contributed by atoms with E-state index in [-0.39, 0.29) is 11.0 Å². The average Bonchev–Trinajstić information content (AvgIpc) is 2.51. The number of hydrogen-bond donors (Lipinski definition) is 0. The molecule has 2 aromatic rings.